The summed E-state index contributed by atoms with van der Waals surface area (Å²) < 4.78 is 17.1. The number of ether oxygens (including phenoxy) is 3. The van der Waals surface area contributed by atoms with Gasteiger partial charge in [0, 0.05) is 49.0 Å². The Bertz CT molecular complexity index is 991. The Labute approximate surface area is 220 Å². The van der Waals surface area contributed by atoms with Gasteiger partial charge in [-0.1, -0.05) is 0 Å². The molecule has 2 N–H and O–H groups in total. The highest BCUT2D eigenvalue weighted by atomic mass is 79.9. The third-order valence-electron chi connectivity index (χ3n) is 7.06. The molecule has 198 valence electrons. The van der Waals surface area contributed by atoms with E-state index in [0.717, 1.165) is 25.9 Å². The number of hydrogen-bond donors (Lipinski definition) is 2. The van der Waals surface area contributed by atoms with E-state index in [1.165, 1.54) is 7.11 Å². The van der Waals surface area contributed by atoms with Crippen LogP contribution in [0.1, 0.15) is 49.9 Å². The van der Waals surface area contributed by atoms with E-state index in [0.29, 0.717) is 47.5 Å². The topological polar surface area (TPSA) is 109 Å². The second kappa shape index (κ2) is 11.4. The lowest BCUT2D eigenvalue weighted by atomic mass is 9.90. The van der Waals surface area contributed by atoms with Gasteiger partial charge in [0.05, 0.1) is 31.6 Å². The maximum atomic E-state index is 13.9. The highest BCUT2D eigenvalue weighted by Crippen LogP contribution is 2.44. The number of alkyl carbamates (subject to hydrolysis) is 1. The van der Waals surface area contributed by atoms with Crippen LogP contribution < -0.4 is 20.3 Å². The number of hydrogen-bond acceptors (Lipinski definition) is 7. The molecule has 3 aliphatic rings. The van der Waals surface area contributed by atoms with Crippen molar-refractivity contribution < 1.29 is 28.6 Å². The minimum Gasteiger partial charge on any atom is -0.475 e. The first kappa shape index (κ1) is 26.7. The number of amides is 3. The number of nitrogens with one attached hydrogen (secondary N) is 2. The quantitative estimate of drug-likeness (QED) is 0.544. The van der Waals surface area contributed by atoms with Crippen molar-refractivity contribution in [2.45, 2.75) is 57.2 Å². The Morgan fingerprint density at radius 1 is 1.33 bits per heavy atom. The molecule has 1 aromatic carbocycles. The summed E-state index contributed by atoms with van der Waals surface area (Å²) in [5, 5.41) is 6.03. The molecule has 2 saturated heterocycles. The van der Waals surface area contributed by atoms with Crippen LogP contribution in [-0.4, -0.2) is 87.0 Å². The molecule has 0 aromatic heterocycles. The molecule has 11 heteroatoms. The molecule has 0 bridgehead atoms. The molecule has 3 aliphatic heterocycles. The molecule has 1 atom stereocenters. The van der Waals surface area contributed by atoms with Crippen molar-refractivity contribution in [2.24, 2.45) is 0 Å². The van der Waals surface area contributed by atoms with Gasteiger partial charge in [-0.3, -0.25) is 9.59 Å². The van der Waals surface area contributed by atoms with Crippen LogP contribution in [0.25, 0.3) is 0 Å². The lowest BCUT2D eigenvalue weighted by Gasteiger charge is -2.44. The average Bonchev–Trinajstić information content (AvgIpc) is 2.87. The maximum Gasteiger partial charge on any atom is 0.406 e. The van der Waals surface area contributed by atoms with Crippen LogP contribution in [0.2, 0.25) is 0 Å². The normalized spacial score (nSPS) is 21.1. The summed E-state index contributed by atoms with van der Waals surface area (Å²) in [6.07, 6.45) is 2.25. The highest BCUT2D eigenvalue weighted by Gasteiger charge is 2.49. The summed E-state index contributed by atoms with van der Waals surface area (Å²) in [7, 11) is 1.29. The minimum absolute atomic E-state index is 0.00841. The molecule has 1 aromatic rings. The number of anilines is 1. The number of fused-ring (bicyclic) bond motifs is 1. The van der Waals surface area contributed by atoms with Gasteiger partial charge >= 0.3 is 6.09 Å². The fraction of sp³-hybridized carbons (Fsp3) is 0.640. The Morgan fingerprint density at radius 3 is 2.72 bits per heavy atom. The number of carbonyl (C=O) groups excluding carboxylic acids is 3. The van der Waals surface area contributed by atoms with E-state index < -0.39 is 11.7 Å². The van der Waals surface area contributed by atoms with E-state index in [1.54, 1.807) is 17.0 Å². The van der Waals surface area contributed by atoms with Crippen molar-refractivity contribution in [1.29, 1.82) is 0 Å². The number of rotatable bonds is 6. The van der Waals surface area contributed by atoms with Crippen molar-refractivity contribution >= 4 is 39.5 Å². The van der Waals surface area contributed by atoms with E-state index in [2.05, 4.69) is 31.3 Å². The van der Waals surface area contributed by atoms with Gasteiger partial charge in [0.1, 0.15) is 5.75 Å². The smallest absolute Gasteiger partial charge is 0.406 e. The van der Waals surface area contributed by atoms with Gasteiger partial charge in [-0.15, -0.1) is 0 Å². The first-order chi connectivity index (χ1) is 17.3. The molecule has 1 spiro atoms. The van der Waals surface area contributed by atoms with Gasteiger partial charge in [0.25, 0.3) is 11.8 Å². The van der Waals surface area contributed by atoms with Crippen LogP contribution in [-0.2, 0) is 14.3 Å². The molecular weight excluding hydrogens is 532 g/mol. The fourth-order valence-corrected chi connectivity index (χ4v) is 5.71. The van der Waals surface area contributed by atoms with Crippen molar-refractivity contribution in [3.8, 4) is 5.75 Å². The standard InChI is InChI=1S/C25H35BrN4O6/c1-16(2)30(17-5-4-8-27-15-17)22(31)18-13-20-21(14-19(18)26)36-25(6-11-35-12-7-25)23(32)29(20)10-9-28-24(33)34-3/h13-14,16-17,27H,4-12,15H2,1-3H3,(H,28,33)/t17-/m1/s1. The minimum atomic E-state index is -1.03. The number of halogens is 1. The van der Waals surface area contributed by atoms with Gasteiger partial charge in [-0.25, -0.2) is 4.79 Å². The zero-order chi connectivity index (χ0) is 25.9. The average molecular weight is 567 g/mol. The van der Waals surface area contributed by atoms with Gasteiger partial charge in [0.15, 0.2) is 5.60 Å². The van der Waals surface area contributed by atoms with E-state index in [4.69, 9.17) is 9.47 Å². The number of carbonyl (C=O) groups is 3. The van der Waals surface area contributed by atoms with E-state index in [1.807, 2.05) is 18.7 Å². The lowest BCUT2D eigenvalue weighted by Crippen LogP contribution is -2.59. The number of nitrogens with zero attached hydrogens (tertiary/aromatic N) is 2. The summed E-state index contributed by atoms with van der Waals surface area (Å²) in [4.78, 5) is 42.8. The van der Waals surface area contributed by atoms with Crippen LogP contribution in [0.4, 0.5) is 10.5 Å². The number of benzene rings is 1. The second-order valence-electron chi connectivity index (χ2n) is 9.69. The monoisotopic (exact) mass is 566 g/mol. The summed E-state index contributed by atoms with van der Waals surface area (Å²) in [6, 6.07) is 3.62. The zero-order valence-corrected chi connectivity index (χ0v) is 22.7. The van der Waals surface area contributed by atoms with E-state index >= 15 is 0 Å². The van der Waals surface area contributed by atoms with Crippen molar-refractivity contribution in [1.82, 2.24) is 15.5 Å². The highest BCUT2D eigenvalue weighted by molar-refractivity contribution is 9.10. The Kier molecular flexibility index (Phi) is 8.41. The molecule has 0 aliphatic carbocycles. The van der Waals surface area contributed by atoms with Gasteiger partial charge < -0.3 is 34.6 Å². The third-order valence-corrected chi connectivity index (χ3v) is 7.71. The van der Waals surface area contributed by atoms with Crippen molar-refractivity contribution in [3.63, 3.8) is 0 Å². The third kappa shape index (κ3) is 5.33. The van der Waals surface area contributed by atoms with Crippen LogP contribution in [0.3, 0.4) is 0 Å². The Balaban J connectivity index is 1.69. The second-order valence-corrected chi connectivity index (χ2v) is 10.5. The van der Waals surface area contributed by atoms with E-state index in [9.17, 15) is 14.4 Å². The lowest BCUT2D eigenvalue weighted by molar-refractivity contribution is -0.144. The Morgan fingerprint density at radius 2 is 2.08 bits per heavy atom. The summed E-state index contributed by atoms with van der Waals surface area (Å²) >= 11 is 3.60. The largest absolute Gasteiger partial charge is 0.475 e. The number of piperidine rings is 1. The van der Waals surface area contributed by atoms with Crippen LogP contribution in [0.5, 0.6) is 5.75 Å². The summed E-state index contributed by atoms with van der Waals surface area (Å²) in [5.74, 6) is 0.233. The van der Waals surface area contributed by atoms with Gasteiger partial charge in [-0.05, 0) is 61.3 Å². The van der Waals surface area contributed by atoms with Crippen LogP contribution in [0.15, 0.2) is 16.6 Å². The SMILES string of the molecule is COC(=O)NCCN1C(=O)C2(CCOCC2)Oc2cc(Br)c(C(=O)N(C(C)C)[C@@H]3CCCNC3)cc21. The molecule has 0 unspecified atom stereocenters. The molecular formula is C25H35BrN4O6. The van der Waals surface area contributed by atoms with Crippen molar-refractivity contribution in [3.05, 3.63) is 22.2 Å². The molecule has 4 rings (SSSR count). The predicted molar refractivity (Wildman–Crippen MR) is 138 cm³/mol. The van der Waals surface area contributed by atoms with Crippen molar-refractivity contribution in [2.75, 3.05) is 51.4 Å². The molecule has 10 nitrogen and oxygen atoms in total. The molecule has 3 amide bonds. The number of methoxy groups -OCH3 is 1. The van der Waals surface area contributed by atoms with Gasteiger partial charge in [-0.2, -0.15) is 0 Å². The van der Waals surface area contributed by atoms with Gasteiger partial charge in [0.2, 0.25) is 0 Å². The molecule has 36 heavy (non-hydrogen) atoms. The first-order valence-corrected chi connectivity index (χ1v) is 13.3. The molecule has 0 saturated carbocycles. The first-order valence-electron chi connectivity index (χ1n) is 12.5. The fourth-order valence-electron chi connectivity index (χ4n) is 5.22. The van der Waals surface area contributed by atoms with Crippen LogP contribution in [0, 0.1) is 0 Å². The molecule has 2 fully saturated rings. The molecule has 3 heterocycles. The molecule has 0 radical (unpaired) electrons. The summed E-state index contributed by atoms with van der Waals surface area (Å²) in [5.41, 5.74) is -0.0433. The van der Waals surface area contributed by atoms with E-state index in [-0.39, 0.29) is 37.0 Å². The zero-order valence-electron chi connectivity index (χ0n) is 21.1. The summed E-state index contributed by atoms with van der Waals surface area (Å²) in [6.45, 7) is 7.00. The van der Waals surface area contributed by atoms with Crippen LogP contribution >= 0.6 is 15.9 Å². The predicted octanol–water partition coefficient (Wildman–Crippen LogP) is 2.68. The maximum absolute atomic E-state index is 13.9. The Hall–Kier alpha value is -2.37.